The van der Waals surface area contributed by atoms with E-state index in [4.69, 9.17) is 4.74 Å². The van der Waals surface area contributed by atoms with E-state index in [9.17, 15) is 14.7 Å². The van der Waals surface area contributed by atoms with Crippen LogP contribution >= 0.6 is 0 Å². The summed E-state index contributed by atoms with van der Waals surface area (Å²) >= 11 is 0. The number of rotatable bonds is 8. The standard InChI is InChI=1S/C22H25NO4/c1-3-13-27-19-11-9-18(10-12-19)15-23-20(24)16(2)22(23,21(25)26)14-17-7-5-4-6-8-17/h4-12,16H,3,13-15H2,1-2H3,(H,25,26)/t16-,22+/m1/s1. The summed E-state index contributed by atoms with van der Waals surface area (Å²) in [6.45, 7) is 4.68. The number of hydrogen-bond acceptors (Lipinski definition) is 3. The third-order valence-corrected chi connectivity index (χ3v) is 5.26. The zero-order valence-electron chi connectivity index (χ0n) is 15.7. The van der Waals surface area contributed by atoms with Crippen molar-refractivity contribution < 1.29 is 19.4 Å². The van der Waals surface area contributed by atoms with Crippen molar-refractivity contribution in [3.05, 3.63) is 65.7 Å². The van der Waals surface area contributed by atoms with E-state index in [2.05, 4.69) is 0 Å². The van der Waals surface area contributed by atoms with Gasteiger partial charge >= 0.3 is 5.97 Å². The third kappa shape index (κ3) is 3.54. The quantitative estimate of drug-likeness (QED) is 0.725. The van der Waals surface area contributed by atoms with Crippen molar-refractivity contribution in [2.45, 2.75) is 38.8 Å². The van der Waals surface area contributed by atoms with Gasteiger partial charge in [-0.15, -0.1) is 0 Å². The lowest BCUT2D eigenvalue weighted by molar-refractivity contribution is -0.188. The zero-order valence-corrected chi connectivity index (χ0v) is 15.7. The first kappa shape index (κ1) is 19.0. The number of ether oxygens (including phenoxy) is 1. The maximum absolute atomic E-state index is 12.5. The van der Waals surface area contributed by atoms with Gasteiger partial charge in [-0.3, -0.25) is 4.79 Å². The largest absolute Gasteiger partial charge is 0.494 e. The monoisotopic (exact) mass is 367 g/mol. The first-order chi connectivity index (χ1) is 13.0. The number of carboxylic acids is 1. The SMILES string of the molecule is CCCOc1ccc(CN2C(=O)[C@@H](C)[C@@]2(Cc2ccccc2)C(=O)O)cc1. The summed E-state index contributed by atoms with van der Waals surface area (Å²) in [6, 6.07) is 17.0. The zero-order chi connectivity index (χ0) is 19.4. The number of hydrogen-bond donors (Lipinski definition) is 1. The molecule has 0 aliphatic carbocycles. The topological polar surface area (TPSA) is 66.8 Å². The molecule has 0 radical (unpaired) electrons. The molecule has 0 bridgehead atoms. The highest BCUT2D eigenvalue weighted by Gasteiger charge is 2.62. The minimum Gasteiger partial charge on any atom is -0.494 e. The van der Waals surface area contributed by atoms with Gasteiger partial charge in [0.1, 0.15) is 5.75 Å². The number of amides is 1. The van der Waals surface area contributed by atoms with Crippen molar-refractivity contribution in [1.82, 2.24) is 4.90 Å². The molecule has 2 aromatic carbocycles. The van der Waals surface area contributed by atoms with Crippen LogP contribution in [0.3, 0.4) is 0 Å². The van der Waals surface area contributed by atoms with Gasteiger partial charge < -0.3 is 14.7 Å². The second-order valence-electron chi connectivity index (χ2n) is 7.03. The van der Waals surface area contributed by atoms with Crippen molar-refractivity contribution >= 4 is 11.9 Å². The number of carbonyl (C=O) groups is 2. The Labute approximate surface area is 159 Å². The van der Waals surface area contributed by atoms with Crippen molar-refractivity contribution in [1.29, 1.82) is 0 Å². The molecule has 27 heavy (non-hydrogen) atoms. The van der Waals surface area contributed by atoms with Crippen LogP contribution in [0.4, 0.5) is 0 Å². The highest BCUT2D eigenvalue weighted by molar-refractivity contribution is 6.00. The molecule has 3 rings (SSSR count). The summed E-state index contributed by atoms with van der Waals surface area (Å²) in [4.78, 5) is 26.2. The molecule has 1 aliphatic heterocycles. The Balaban J connectivity index is 1.81. The fraction of sp³-hybridized carbons (Fsp3) is 0.364. The summed E-state index contributed by atoms with van der Waals surface area (Å²) < 4.78 is 5.58. The Morgan fingerprint density at radius 2 is 1.78 bits per heavy atom. The molecule has 2 aromatic rings. The fourth-order valence-corrected chi connectivity index (χ4v) is 3.65. The molecule has 1 fully saturated rings. The minimum atomic E-state index is -1.21. The summed E-state index contributed by atoms with van der Waals surface area (Å²) in [5.41, 5.74) is 0.584. The van der Waals surface area contributed by atoms with Crippen molar-refractivity contribution in [2.24, 2.45) is 5.92 Å². The van der Waals surface area contributed by atoms with Gasteiger partial charge in [0.15, 0.2) is 5.54 Å². The molecule has 5 heteroatoms. The van der Waals surface area contributed by atoms with Gasteiger partial charge in [0.2, 0.25) is 5.91 Å². The van der Waals surface area contributed by atoms with Gasteiger partial charge in [-0.1, -0.05) is 56.3 Å². The van der Waals surface area contributed by atoms with Crippen LogP contribution < -0.4 is 4.74 Å². The van der Waals surface area contributed by atoms with E-state index in [-0.39, 0.29) is 12.5 Å². The van der Waals surface area contributed by atoms with Crippen LogP contribution in [0.25, 0.3) is 0 Å². The van der Waals surface area contributed by atoms with Crippen molar-refractivity contribution in [3.8, 4) is 5.75 Å². The van der Waals surface area contributed by atoms with Crippen LogP contribution in [-0.2, 0) is 22.6 Å². The van der Waals surface area contributed by atoms with Crippen molar-refractivity contribution in [3.63, 3.8) is 0 Å². The van der Waals surface area contributed by atoms with E-state index < -0.39 is 17.4 Å². The molecule has 1 aliphatic rings. The molecule has 0 saturated carbocycles. The predicted molar refractivity (Wildman–Crippen MR) is 102 cm³/mol. The number of likely N-dealkylation sites (tertiary alicyclic amines) is 1. The molecule has 0 spiro atoms. The van der Waals surface area contributed by atoms with Gasteiger partial charge in [0.05, 0.1) is 12.5 Å². The molecule has 0 unspecified atom stereocenters. The molecular formula is C22H25NO4. The van der Waals surface area contributed by atoms with Gasteiger partial charge in [0.25, 0.3) is 0 Å². The Bertz CT molecular complexity index is 803. The van der Waals surface area contributed by atoms with E-state index in [0.717, 1.165) is 23.3 Å². The molecule has 1 saturated heterocycles. The smallest absolute Gasteiger partial charge is 0.330 e. The number of β-lactam (4-membered cyclic amide) rings is 1. The van der Waals surface area contributed by atoms with E-state index >= 15 is 0 Å². The average molecular weight is 367 g/mol. The van der Waals surface area contributed by atoms with Crippen LogP contribution in [0, 0.1) is 5.92 Å². The predicted octanol–water partition coefficient (Wildman–Crippen LogP) is 3.52. The molecule has 1 N–H and O–H groups in total. The molecule has 142 valence electrons. The highest BCUT2D eigenvalue weighted by Crippen LogP contribution is 2.42. The Hall–Kier alpha value is -2.82. The molecule has 2 atom stereocenters. The second kappa shape index (κ2) is 7.82. The van der Waals surface area contributed by atoms with E-state index in [1.165, 1.54) is 4.90 Å². The maximum atomic E-state index is 12.5. The molecule has 0 aromatic heterocycles. The molecular weight excluding hydrogens is 342 g/mol. The van der Waals surface area contributed by atoms with Crippen molar-refractivity contribution in [2.75, 3.05) is 6.61 Å². The summed E-state index contributed by atoms with van der Waals surface area (Å²) in [7, 11) is 0. The first-order valence-corrected chi connectivity index (χ1v) is 9.29. The number of benzene rings is 2. The van der Waals surface area contributed by atoms with Gasteiger partial charge in [-0.05, 0) is 29.7 Å². The summed E-state index contributed by atoms with van der Waals surface area (Å²) in [5, 5.41) is 10.0. The van der Waals surface area contributed by atoms with Gasteiger partial charge in [0, 0.05) is 13.0 Å². The number of nitrogens with zero attached hydrogens (tertiary/aromatic N) is 1. The van der Waals surface area contributed by atoms with E-state index in [0.29, 0.717) is 13.0 Å². The second-order valence-corrected chi connectivity index (χ2v) is 7.03. The van der Waals surface area contributed by atoms with Crippen LogP contribution in [0.2, 0.25) is 0 Å². The third-order valence-electron chi connectivity index (χ3n) is 5.26. The lowest BCUT2D eigenvalue weighted by Gasteiger charge is -2.54. The number of carbonyl (C=O) groups excluding carboxylic acids is 1. The van der Waals surface area contributed by atoms with Gasteiger partial charge in [-0.25, -0.2) is 4.79 Å². The van der Waals surface area contributed by atoms with Crippen LogP contribution in [0.15, 0.2) is 54.6 Å². The lowest BCUT2D eigenvalue weighted by atomic mass is 9.70. The maximum Gasteiger partial charge on any atom is 0.330 e. The van der Waals surface area contributed by atoms with Gasteiger partial charge in [-0.2, -0.15) is 0 Å². The highest BCUT2D eigenvalue weighted by atomic mass is 16.5. The minimum absolute atomic E-state index is 0.125. The van der Waals surface area contributed by atoms with Crippen LogP contribution in [0.1, 0.15) is 31.4 Å². The summed E-state index contributed by atoms with van der Waals surface area (Å²) in [5.74, 6) is -0.860. The number of carboxylic acid groups (broad SMARTS) is 1. The Kier molecular flexibility index (Phi) is 5.49. The fourth-order valence-electron chi connectivity index (χ4n) is 3.65. The number of aliphatic carboxylic acids is 1. The molecule has 5 nitrogen and oxygen atoms in total. The molecule has 1 heterocycles. The van der Waals surface area contributed by atoms with Crippen LogP contribution in [-0.4, -0.2) is 34.0 Å². The Morgan fingerprint density at radius 3 is 2.37 bits per heavy atom. The van der Waals surface area contributed by atoms with E-state index in [1.54, 1.807) is 6.92 Å². The molecule has 1 amide bonds. The first-order valence-electron chi connectivity index (χ1n) is 9.29. The summed E-state index contributed by atoms with van der Waals surface area (Å²) in [6.07, 6.45) is 1.23. The average Bonchev–Trinajstić information content (AvgIpc) is 2.69. The lowest BCUT2D eigenvalue weighted by Crippen LogP contribution is -2.74. The van der Waals surface area contributed by atoms with Crippen LogP contribution in [0.5, 0.6) is 5.75 Å². The normalized spacial score (nSPS) is 21.6. The Morgan fingerprint density at radius 1 is 1.11 bits per heavy atom. The van der Waals surface area contributed by atoms with E-state index in [1.807, 2.05) is 61.5 Å².